The smallest absolute Gasteiger partial charge is 0.416 e. The van der Waals surface area contributed by atoms with Crippen LogP contribution < -0.4 is 15.7 Å². The van der Waals surface area contributed by atoms with Gasteiger partial charge in [0.05, 0.1) is 29.4 Å². The van der Waals surface area contributed by atoms with Crippen molar-refractivity contribution in [2.75, 3.05) is 19.0 Å². The van der Waals surface area contributed by atoms with E-state index in [1.807, 2.05) is 0 Å². The number of hydrogen-bond donors (Lipinski definition) is 1. The number of carbonyl (C=O) groups is 1. The predicted octanol–water partition coefficient (Wildman–Crippen LogP) is 5.09. The Kier molecular flexibility index (Phi) is 6.56. The fraction of sp³-hybridized carbons (Fsp3) is 0.269. The second-order valence-electron chi connectivity index (χ2n) is 8.90. The van der Waals surface area contributed by atoms with Gasteiger partial charge in [-0.2, -0.15) is 13.2 Å². The number of rotatable bonds is 5. The first-order chi connectivity index (χ1) is 18.0. The van der Waals surface area contributed by atoms with Crippen LogP contribution in [-0.4, -0.2) is 34.2 Å². The van der Waals surface area contributed by atoms with E-state index in [2.05, 4.69) is 10.3 Å². The number of nitrogens with zero attached hydrogens (tertiary/aromatic N) is 3. The van der Waals surface area contributed by atoms with Crippen LogP contribution in [0.15, 0.2) is 57.7 Å². The zero-order valence-electron chi connectivity index (χ0n) is 20.3. The number of nitrogens with one attached hydrogen (secondary N) is 1. The molecule has 0 unspecified atom stereocenters. The van der Waals surface area contributed by atoms with Crippen molar-refractivity contribution in [2.24, 2.45) is 0 Å². The van der Waals surface area contributed by atoms with Crippen molar-refractivity contribution in [3.05, 3.63) is 92.1 Å². The Labute approximate surface area is 219 Å². The Bertz CT molecular complexity index is 1580. The summed E-state index contributed by atoms with van der Waals surface area (Å²) in [6, 6.07) is 10.9. The van der Waals surface area contributed by atoms with Gasteiger partial charge in [0.2, 0.25) is 5.95 Å². The van der Waals surface area contributed by atoms with E-state index in [0.717, 1.165) is 16.9 Å². The van der Waals surface area contributed by atoms with E-state index in [-0.39, 0.29) is 24.2 Å². The molecule has 0 saturated heterocycles. The first-order valence-electron chi connectivity index (χ1n) is 11.7. The molecule has 4 aromatic rings. The molecule has 2 aromatic heterocycles. The van der Waals surface area contributed by atoms with Gasteiger partial charge in [0.15, 0.2) is 5.76 Å². The van der Waals surface area contributed by atoms with Gasteiger partial charge in [-0.05, 0) is 48.9 Å². The highest BCUT2D eigenvalue weighted by molar-refractivity contribution is 6.31. The van der Waals surface area contributed by atoms with Gasteiger partial charge in [-0.1, -0.05) is 23.7 Å². The molecule has 0 bridgehead atoms. The number of anilines is 1. The highest BCUT2D eigenvalue weighted by Crippen LogP contribution is 2.30. The van der Waals surface area contributed by atoms with Gasteiger partial charge in [0.1, 0.15) is 12.7 Å². The van der Waals surface area contributed by atoms with Crippen LogP contribution in [-0.2, 0) is 19.1 Å². The fourth-order valence-electron chi connectivity index (χ4n) is 4.41. The summed E-state index contributed by atoms with van der Waals surface area (Å²) < 4.78 is 45.3. The van der Waals surface area contributed by atoms with Crippen LogP contribution in [0.2, 0.25) is 5.02 Å². The van der Waals surface area contributed by atoms with Crippen LogP contribution in [0.5, 0.6) is 0 Å². The van der Waals surface area contributed by atoms with E-state index in [9.17, 15) is 22.8 Å². The molecule has 1 aliphatic heterocycles. The lowest BCUT2D eigenvalue weighted by atomic mass is 10.1. The van der Waals surface area contributed by atoms with E-state index < -0.39 is 23.3 Å². The van der Waals surface area contributed by atoms with Gasteiger partial charge in [0.25, 0.3) is 11.5 Å². The van der Waals surface area contributed by atoms with Crippen LogP contribution in [0.1, 0.15) is 45.9 Å². The second kappa shape index (κ2) is 9.71. The van der Waals surface area contributed by atoms with Crippen molar-refractivity contribution >= 4 is 34.4 Å². The monoisotopic (exact) mass is 546 g/mol. The van der Waals surface area contributed by atoms with E-state index >= 15 is 0 Å². The molecule has 0 aliphatic carbocycles. The molecule has 0 radical (unpaired) electrons. The third-order valence-corrected chi connectivity index (χ3v) is 6.67. The zero-order chi connectivity index (χ0) is 27.2. The largest absolute Gasteiger partial charge is 0.451 e. The number of amides is 1. The minimum Gasteiger partial charge on any atom is -0.451 e. The number of furan rings is 1. The zero-order valence-corrected chi connectivity index (χ0v) is 21.1. The van der Waals surface area contributed by atoms with Gasteiger partial charge in [0, 0.05) is 23.4 Å². The third kappa shape index (κ3) is 4.81. The minimum absolute atomic E-state index is 0.00982. The van der Waals surface area contributed by atoms with Crippen molar-refractivity contribution in [1.29, 1.82) is 0 Å². The first-order valence-corrected chi connectivity index (χ1v) is 12.0. The number of halogens is 4. The molecule has 1 aliphatic rings. The lowest BCUT2D eigenvalue weighted by molar-refractivity contribution is -0.137. The molecule has 38 heavy (non-hydrogen) atoms. The molecular formula is C26H22ClF3N4O4. The Morgan fingerprint density at radius 2 is 1.92 bits per heavy atom. The number of benzene rings is 2. The van der Waals surface area contributed by atoms with Crippen LogP contribution in [0.25, 0.3) is 11.0 Å². The van der Waals surface area contributed by atoms with Crippen molar-refractivity contribution in [1.82, 2.24) is 14.6 Å². The Hall–Kier alpha value is -3.99. The highest BCUT2D eigenvalue weighted by atomic mass is 35.5. The summed E-state index contributed by atoms with van der Waals surface area (Å²) in [7, 11) is 1.30. The molecule has 2 aromatic carbocycles. The molecule has 12 heteroatoms. The highest BCUT2D eigenvalue weighted by Gasteiger charge is 2.31. The number of alkyl halides is 3. The van der Waals surface area contributed by atoms with E-state index in [1.165, 1.54) is 24.1 Å². The van der Waals surface area contributed by atoms with Crippen molar-refractivity contribution in [3.63, 3.8) is 0 Å². The number of carbonyl (C=O) groups excluding carboxylic acids is 1. The normalized spacial score (nSPS) is 14.3. The standard InChI is InChI=1S/C26H22ClF3N4O4/c1-14(15-3-5-17(6-4-15)26(28,29)30)31-25-32-20-9-10-33(13-19(20)23(35)34(25)37-2)24(36)22-12-16-11-18(27)7-8-21(16)38-22/h3-8,11-12,14H,9-10,13H2,1-2H3,(H,31,32)/t14-/m0/s1. The Morgan fingerprint density at radius 1 is 1.18 bits per heavy atom. The fourth-order valence-corrected chi connectivity index (χ4v) is 4.59. The predicted molar refractivity (Wildman–Crippen MR) is 134 cm³/mol. The first kappa shape index (κ1) is 25.7. The molecule has 0 fully saturated rings. The molecule has 1 atom stereocenters. The summed E-state index contributed by atoms with van der Waals surface area (Å²) in [5.74, 6) is -0.128. The maximum atomic E-state index is 13.3. The van der Waals surface area contributed by atoms with Gasteiger partial charge in [-0.15, -0.1) is 4.73 Å². The van der Waals surface area contributed by atoms with Crippen molar-refractivity contribution in [3.8, 4) is 0 Å². The van der Waals surface area contributed by atoms with Crippen LogP contribution in [0, 0.1) is 0 Å². The summed E-state index contributed by atoms with van der Waals surface area (Å²) >= 11 is 6.02. The molecule has 5 rings (SSSR count). The molecule has 1 N–H and O–H groups in total. The third-order valence-electron chi connectivity index (χ3n) is 6.43. The quantitative estimate of drug-likeness (QED) is 0.375. The average Bonchev–Trinajstić information content (AvgIpc) is 3.31. The van der Waals surface area contributed by atoms with E-state index in [1.54, 1.807) is 31.2 Å². The Balaban J connectivity index is 1.38. The topological polar surface area (TPSA) is 89.6 Å². The maximum absolute atomic E-state index is 13.3. The lowest BCUT2D eigenvalue weighted by Crippen LogP contribution is -2.42. The molecule has 8 nitrogen and oxygen atoms in total. The van der Waals surface area contributed by atoms with Gasteiger partial charge < -0.3 is 19.5 Å². The number of hydrogen-bond acceptors (Lipinski definition) is 6. The summed E-state index contributed by atoms with van der Waals surface area (Å²) in [6.07, 6.45) is -4.12. The molecule has 1 amide bonds. The summed E-state index contributed by atoms with van der Waals surface area (Å²) in [5, 5.41) is 4.26. The molecule has 3 heterocycles. The summed E-state index contributed by atoms with van der Waals surface area (Å²) in [6.45, 7) is 2.05. The SMILES string of the molecule is COn1c(N[C@@H](C)c2ccc(C(F)(F)F)cc2)nc2c(c1=O)CN(C(=O)c1cc3cc(Cl)ccc3o1)CC2. The van der Waals surface area contributed by atoms with Crippen LogP contribution >= 0.6 is 11.6 Å². The Morgan fingerprint density at radius 3 is 2.61 bits per heavy atom. The van der Waals surface area contributed by atoms with Crippen LogP contribution in [0.3, 0.4) is 0 Å². The summed E-state index contributed by atoms with van der Waals surface area (Å²) in [5.41, 5.74) is 0.658. The molecule has 0 saturated carbocycles. The molecule has 198 valence electrons. The maximum Gasteiger partial charge on any atom is 0.416 e. The average molecular weight is 547 g/mol. The van der Waals surface area contributed by atoms with E-state index in [4.69, 9.17) is 20.9 Å². The van der Waals surface area contributed by atoms with Crippen molar-refractivity contribution in [2.45, 2.75) is 32.1 Å². The second-order valence-corrected chi connectivity index (χ2v) is 9.33. The molecular weight excluding hydrogens is 525 g/mol. The van der Waals surface area contributed by atoms with E-state index in [0.29, 0.717) is 45.8 Å². The van der Waals surface area contributed by atoms with Crippen LogP contribution in [0.4, 0.5) is 19.1 Å². The van der Waals surface area contributed by atoms with Gasteiger partial charge >= 0.3 is 6.18 Å². The van der Waals surface area contributed by atoms with Gasteiger partial charge in [-0.3, -0.25) is 9.59 Å². The lowest BCUT2D eigenvalue weighted by Gasteiger charge is -2.28. The number of fused-ring (bicyclic) bond motifs is 2. The molecule has 0 spiro atoms. The minimum atomic E-state index is -4.43. The van der Waals surface area contributed by atoms with Crippen molar-refractivity contribution < 1.29 is 27.2 Å². The van der Waals surface area contributed by atoms with Gasteiger partial charge in [-0.25, -0.2) is 4.98 Å². The summed E-state index contributed by atoms with van der Waals surface area (Å²) in [4.78, 5) is 37.7. The number of aromatic nitrogens is 2.